The third-order valence-corrected chi connectivity index (χ3v) is 4.21. The highest BCUT2D eigenvalue weighted by Crippen LogP contribution is 2.23. The molecule has 1 fully saturated rings. The standard InChI is InChI=1S/C14H20BrNO/c1-17-13-7-8-14(15)11(9-13)10-16-12-5-3-2-4-6-12/h7-9,12,16H,2-6,10H2,1H3. The Hall–Kier alpha value is -0.540. The van der Waals surface area contributed by atoms with Crippen LogP contribution in [0.3, 0.4) is 0 Å². The number of methoxy groups -OCH3 is 1. The molecule has 0 radical (unpaired) electrons. The number of ether oxygens (including phenoxy) is 1. The van der Waals surface area contributed by atoms with E-state index in [1.54, 1.807) is 7.11 Å². The molecule has 2 rings (SSSR count). The minimum absolute atomic E-state index is 0.696. The van der Waals surface area contributed by atoms with Crippen LogP contribution in [-0.4, -0.2) is 13.2 Å². The number of benzene rings is 1. The van der Waals surface area contributed by atoms with Gasteiger partial charge >= 0.3 is 0 Å². The molecule has 17 heavy (non-hydrogen) atoms. The Morgan fingerprint density at radius 2 is 2.06 bits per heavy atom. The van der Waals surface area contributed by atoms with Crippen LogP contribution >= 0.6 is 15.9 Å². The topological polar surface area (TPSA) is 21.3 Å². The predicted octanol–water partition coefficient (Wildman–Crippen LogP) is 3.88. The number of nitrogens with one attached hydrogen (secondary N) is 1. The molecule has 0 atom stereocenters. The molecule has 94 valence electrons. The molecule has 3 heteroatoms. The lowest BCUT2D eigenvalue weighted by atomic mass is 9.95. The minimum Gasteiger partial charge on any atom is -0.497 e. The van der Waals surface area contributed by atoms with Crippen molar-refractivity contribution in [1.82, 2.24) is 5.32 Å². The molecular formula is C14H20BrNO. The molecule has 0 aliphatic heterocycles. The van der Waals surface area contributed by atoms with E-state index in [2.05, 4.69) is 33.4 Å². The molecule has 1 aliphatic carbocycles. The maximum Gasteiger partial charge on any atom is 0.119 e. The maximum absolute atomic E-state index is 5.25. The average Bonchev–Trinajstić information content (AvgIpc) is 2.39. The van der Waals surface area contributed by atoms with Crippen molar-refractivity contribution in [2.75, 3.05) is 7.11 Å². The summed E-state index contributed by atoms with van der Waals surface area (Å²) in [7, 11) is 1.71. The van der Waals surface area contributed by atoms with Crippen LogP contribution in [0.5, 0.6) is 5.75 Å². The van der Waals surface area contributed by atoms with Crippen LogP contribution < -0.4 is 10.1 Å². The van der Waals surface area contributed by atoms with Gasteiger partial charge in [0.2, 0.25) is 0 Å². The van der Waals surface area contributed by atoms with Gasteiger partial charge in [0, 0.05) is 17.1 Å². The third-order valence-electron chi connectivity index (χ3n) is 3.44. The second-order valence-electron chi connectivity index (χ2n) is 4.67. The maximum atomic E-state index is 5.25. The first-order chi connectivity index (χ1) is 8.29. The first-order valence-electron chi connectivity index (χ1n) is 6.35. The summed E-state index contributed by atoms with van der Waals surface area (Å²) in [5.41, 5.74) is 1.27. The van der Waals surface area contributed by atoms with Gasteiger partial charge < -0.3 is 10.1 Å². The SMILES string of the molecule is COc1ccc(Br)c(CNC2CCCCC2)c1. The van der Waals surface area contributed by atoms with Crippen LogP contribution in [0.25, 0.3) is 0 Å². The van der Waals surface area contributed by atoms with E-state index < -0.39 is 0 Å². The van der Waals surface area contributed by atoms with Gasteiger partial charge in [0.1, 0.15) is 5.75 Å². The monoisotopic (exact) mass is 297 g/mol. The lowest BCUT2D eigenvalue weighted by Crippen LogP contribution is -2.30. The van der Waals surface area contributed by atoms with Crippen molar-refractivity contribution in [3.63, 3.8) is 0 Å². The number of hydrogen-bond donors (Lipinski definition) is 1. The zero-order valence-electron chi connectivity index (χ0n) is 10.3. The van der Waals surface area contributed by atoms with E-state index >= 15 is 0 Å². The molecule has 1 N–H and O–H groups in total. The lowest BCUT2D eigenvalue weighted by molar-refractivity contribution is 0.371. The number of halogens is 1. The molecule has 0 unspecified atom stereocenters. The smallest absolute Gasteiger partial charge is 0.119 e. The van der Waals surface area contributed by atoms with Gasteiger partial charge in [-0.1, -0.05) is 35.2 Å². The molecule has 0 heterocycles. The van der Waals surface area contributed by atoms with Gasteiger partial charge in [0.15, 0.2) is 0 Å². The summed E-state index contributed by atoms with van der Waals surface area (Å²) < 4.78 is 6.41. The molecule has 1 saturated carbocycles. The first-order valence-corrected chi connectivity index (χ1v) is 7.14. The second-order valence-corrected chi connectivity index (χ2v) is 5.53. The molecule has 0 spiro atoms. The summed E-state index contributed by atoms with van der Waals surface area (Å²) in [4.78, 5) is 0. The molecule has 0 bridgehead atoms. The summed E-state index contributed by atoms with van der Waals surface area (Å²) in [6, 6.07) is 6.83. The van der Waals surface area contributed by atoms with Crippen molar-refractivity contribution < 1.29 is 4.74 Å². The van der Waals surface area contributed by atoms with Crippen LogP contribution in [-0.2, 0) is 6.54 Å². The Morgan fingerprint density at radius 1 is 1.29 bits per heavy atom. The van der Waals surface area contributed by atoms with Crippen LogP contribution in [0, 0.1) is 0 Å². The third kappa shape index (κ3) is 3.71. The van der Waals surface area contributed by atoms with Gasteiger partial charge in [-0.05, 0) is 36.6 Å². The molecule has 1 aromatic carbocycles. The fourth-order valence-electron chi connectivity index (χ4n) is 2.37. The number of rotatable bonds is 4. The average molecular weight is 298 g/mol. The van der Waals surface area contributed by atoms with E-state index in [4.69, 9.17) is 4.74 Å². The van der Waals surface area contributed by atoms with E-state index in [-0.39, 0.29) is 0 Å². The molecule has 2 nitrogen and oxygen atoms in total. The Balaban J connectivity index is 1.92. The summed E-state index contributed by atoms with van der Waals surface area (Å²) in [5, 5.41) is 3.64. The highest BCUT2D eigenvalue weighted by molar-refractivity contribution is 9.10. The Bertz CT molecular complexity index is 361. The second kappa shape index (κ2) is 6.41. The van der Waals surface area contributed by atoms with Crippen molar-refractivity contribution in [3.8, 4) is 5.75 Å². The molecule has 0 amide bonds. The minimum atomic E-state index is 0.696. The van der Waals surface area contributed by atoms with E-state index in [0.717, 1.165) is 16.8 Å². The van der Waals surface area contributed by atoms with Gasteiger partial charge in [0.25, 0.3) is 0 Å². The van der Waals surface area contributed by atoms with Crippen LogP contribution in [0.2, 0.25) is 0 Å². The lowest BCUT2D eigenvalue weighted by Gasteiger charge is -2.23. The van der Waals surface area contributed by atoms with E-state index in [9.17, 15) is 0 Å². The Morgan fingerprint density at radius 3 is 2.76 bits per heavy atom. The fraction of sp³-hybridized carbons (Fsp3) is 0.571. The van der Waals surface area contributed by atoms with Gasteiger partial charge in [-0.3, -0.25) is 0 Å². The number of hydrogen-bond acceptors (Lipinski definition) is 2. The van der Waals surface area contributed by atoms with Gasteiger partial charge in [-0.2, -0.15) is 0 Å². The zero-order valence-corrected chi connectivity index (χ0v) is 11.9. The van der Waals surface area contributed by atoms with Gasteiger partial charge in [-0.25, -0.2) is 0 Å². The summed E-state index contributed by atoms with van der Waals surface area (Å²) in [5.74, 6) is 0.925. The summed E-state index contributed by atoms with van der Waals surface area (Å²) in [6.45, 7) is 0.919. The molecule has 0 aromatic heterocycles. The Labute approximate surface area is 112 Å². The van der Waals surface area contributed by atoms with Crippen LogP contribution in [0.1, 0.15) is 37.7 Å². The van der Waals surface area contributed by atoms with Gasteiger partial charge in [-0.15, -0.1) is 0 Å². The van der Waals surface area contributed by atoms with Crippen molar-refractivity contribution in [2.24, 2.45) is 0 Å². The van der Waals surface area contributed by atoms with Crippen molar-refractivity contribution in [2.45, 2.75) is 44.7 Å². The molecule has 1 aliphatic rings. The summed E-state index contributed by atoms with van der Waals surface area (Å²) in [6.07, 6.45) is 6.79. The van der Waals surface area contributed by atoms with Crippen molar-refractivity contribution >= 4 is 15.9 Å². The van der Waals surface area contributed by atoms with Gasteiger partial charge in [0.05, 0.1) is 7.11 Å². The quantitative estimate of drug-likeness (QED) is 0.911. The largest absolute Gasteiger partial charge is 0.497 e. The molecule has 0 saturated heterocycles. The van der Waals surface area contributed by atoms with Crippen molar-refractivity contribution in [1.29, 1.82) is 0 Å². The van der Waals surface area contributed by atoms with E-state index in [1.807, 2.05) is 6.07 Å². The summed E-state index contributed by atoms with van der Waals surface area (Å²) >= 11 is 3.59. The fourth-order valence-corrected chi connectivity index (χ4v) is 2.76. The normalized spacial score (nSPS) is 17.1. The molecular weight excluding hydrogens is 278 g/mol. The van der Waals surface area contributed by atoms with Crippen molar-refractivity contribution in [3.05, 3.63) is 28.2 Å². The molecule has 1 aromatic rings. The van der Waals surface area contributed by atoms with Crippen LogP contribution in [0.4, 0.5) is 0 Å². The highest BCUT2D eigenvalue weighted by atomic mass is 79.9. The Kier molecular flexibility index (Phi) is 4.86. The predicted molar refractivity (Wildman–Crippen MR) is 74.4 cm³/mol. The zero-order chi connectivity index (χ0) is 12.1. The van der Waals surface area contributed by atoms with E-state index in [1.165, 1.54) is 37.7 Å². The van der Waals surface area contributed by atoms with Crippen LogP contribution in [0.15, 0.2) is 22.7 Å². The van der Waals surface area contributed by atoms with E-state index in [0.29, 0.717) is 6.04 Å². The highest BCUT2D eigenvalue weighted by Gasteiger charge is 2.13. The first kappa shape index (κ1) is 12.9.